The second-order valence-electron chi connectivity index (χ2n) is 4.80. The van der Waals surface area contributed by atoms with E-state index >= 15 is 0 Å². The van der Waals surface area contributed by atoms with E-state index in [1.54, 1.807) is 13.2 Å². The molecule has 0 spiro atoms. The number of rotatable bonds is 4. The van der Waals surface area contributed by atoms with Crippen LogP contribution >= 0.6 is 15.9 Å². The molecule has 1 unspecified atom stereocenters. The highest BCUT2D eigenvalue weighted by molar-refractivity contribution is 9.10. The normalized spacial score (nSPS) is 12.2. The molecule has 2 aromatic rings. The first-order valence-corrected chi connectivity index (χ1v) is 7.14. The van der Waals surface area contributed by atoms with Crippen LogP contribution in [0.15, 0.2) is 40.9 Å². The molecule has 0 heterocycles. The summed E-state index contributed by atoms with van der Waals surface area (Å²) in [5.41, 5.74) is 8.58. The predicted octanol–water partition coefficient (Wildman–Crippen LogP) is 4.15. The van der Waals surface area contributed by atoms with E-state index in [-0.39, 0.29) is 11.9 Å². The maximum atomic E-state index is 13.9. The summed E-state index contributed by atoms with van der Waals surface area (Å²) in [7, 11) is 1.62. The molecule has 20 heavy (non-hydrogen) atoms. The van der Waals surface area contributed by atoms with Gasteiger partial charge in [-0.3, -0.25) is 0 Å². The summed E-state index contributed by atoms with van der Waals surface area (Å²) < 4.78 is 19.9. The summed E-state index contributed by atoms with van der Waals surface area (Å²) in [6.45, 7) is 1.86. The van der Waals surface area contributed by atoms with Crippen LogP contribution in [0, 0.1) is 12.7 Å². The van der Waals surface area contributed by atoms with Crippen LogP contribution in [0.5, 0.6) is 5.75 Å². The number of hydrogen-bond acceptors (Lipinski definition) is 2. The molecule has 0 radical (unpaired) electrons. The zero-order valence-electron chi connectivity index (χ0n) is 11.5. The predicted molar refractivity (Wildman–Crippen MR) is 82.5 cm³/mol. The Hall–Kier alpha value is -1.39. The fraction of sp³-hybridized carbons (Fsp3) is 0.250. The summed E-state index contributed by atoms with van der Waals surface area (Å²) in [6.07, 6.45) is 0.572. The minimum atomic E-state index is -0.365. The number of nitrogens with two attached hydrogens (primary N) is 1. The van der Waals surface area contributed by atoms with Gasteiger partial charge in [0.2, 0.25) is 0 Å². The SMILES string of the molecule is COc1ccc(CC(N)c2ccc(C)cc2F)cc1Br. The maximum absolute atomic E-state index is 13.9. The van der Waals surface area contributed by atoms with E-state index in [1.165, 1.54) is 6.07 Å². The van der Waals surface area contributed by atoms with E-state index in [9.17, 15) is 4.39 Å². The van der Waals surface area contributed by atoms with Gasteiger partial charge in [0.1, 0.15) is 11.6 Å². The van der Waals surface area contributed by atoms with Gasteiger partial charge in [0.15, 0.2) is 0 Å². The van der Waals surface area contributed by atoms with Crippen LogP contribution in [0.1, 0.15) is 22.7 Å². The molecular weight excluding hydrogens is 321 g/mol. The molecule has 0 aliphatic heterocycles. The van der Waals surface area contributed by atoms with Crippen molar-refractivity contribution >= 4 is 15.9 Å². The number of halogens is 2. The first-order valence-electron chi connectivity index (χ1n) is 6.35. The van der Waals surface area contributed by atoms with Crippen LogP contribution in [0.2, 0.25) is 0 Å². The molecule has 2 nitrogen and oxygen atoms in total. The molecule has 2 aromatic carbocycles. The number of benzene rings is 2. The lowest BCUT2D eigenvalue weighted by Crippen LogP contribution is -2.15. The molecule has 0 aliphatic carbocycles. The zero-order valence-corrected chi connectivity index (χ0v) is 13.1. The molecule has 0 aliphatic rings. The third-order valence-corrected chi connectivity index (χ3v) is 3.85. The highest BCUT2D eigenvalue weighted by Crippen LogP contribution is 2.28. The molecule has 106 valence electrons. The van der Waals surface area contributed by atoms with Crippen LogP contribution < -0.4 is 10.5 Å². The van der Waals surface area contributed by atoms with Gasteiger partial charge in [-0.05, 0) is 58.6 Å². The van der Waals surface area contributed by atoms with Gasteiger partial charge in [-0.1, -0.05) is 18.2 Å². The van der Waals surface area contributed by atoms with Crippen molar-refractivity contribution in [2.45, 2.75) is 19.4 Å². The van der Waals surface area contributed by atoms with Crippen molar-refractivity contribution in [2.24, 2.45) is 5.73 Å². The number of ether oxygens (including phenoxy) is 1. The summed E-state index contributed by atoms with van der Waals surface area (Å²) in [5, 5.41) is 0. The average Bonchev–Trinajstić information content (AvgIpc) is 2.38. The van der Waals surface area contributed by atoms with Crippen LogP contribution in [0.25, 0.3) is 0 Å². The minimum Gasteiger partial charge on any atom is -0.496 e. The van der Waals surface area contributed by atoms with Gasteiger partial charge in [0, 0.05) is 11.6 Å². The third-order valence-electron chi connectivity index (χ3n) is 3.23. The molecular formula is C16H17BrFNO. The second kappa shape index (κ2) is 6.37. The molecule has 1 atom stereocenters. The van der Waals surface area contributed by atoms with Crippen LogP contribution in [-0.2, 0) is 6.42 Å². The fourth-order valence-electron chi connectivity index (χ4n) is 2.13. The molecule has 2 N–H and O–H groups in total. The van der Waals surface area contributed by atoms with Crippen molar-refractivity contribution in [1.29, 1.82) is 0 Å². The van der Waals surface area contributed by atoms with Crippen molar-refractivity contribution < 1.29 is 9.13 Å². The topological polar surface area (TPSA) is 35.2 Å². The first-order chi connectivity index (χ1) is 9.51. The molecule has 0 saturated carbocycles. The second-order valence-corrected chi connectivity index (χ2v) is 5.66. The first kappa shape index (κ1) is 15.0. The Bertz CT molecular complexity index is 615. The highest BCUT2D eigenvalue weighted by atomic mass is 79.9. The van der Waals surface area contributed by atoms with Gasteiger partial charge in [0.05, 0.1) is 11.6 Å². The van der Waals surface area contributed by atoms with Crippen LogP contribution in [0.4, 0.5) is 4.39 Å². The van der Waals surface area contributed by atoms with Crippen molar-refractivity contribution in [3.63, 3.8) is 0 Å². The Balaban J connectivity index is 2.18. The standard InChI is InChI=1S/C16H17BrFNO/c1-10-3-5-12(14(18)7-10)15(19)9-11-4-6-16(20-2)13(17)8-11/h3-8,15H,9,19H2,1-2H3. The van der Waals surface area contributed by atoms with Gasteiger partial charge in [-0.2, -0.15) is 0 Å². The van der Waals surface area contributed by atoms with E-state index in [2.05, 4.69) is 15.9 Å². The summed E-state index contributed by atoms with van der Waals surface area (Å²) >= 11 is 3.44. The average molecular weight is 338 g/mol. The van der Waals surface area contributed by atoms with Crippen molar-refractivity contribution in [1.82, 2.24) is 0 Å². The van der Waals surface area contributed by atoms with E-state index in [1.807, 2.05) is 31.2 Å². The lowest BCUT2D eigenvalue weighted by Gasteiger charge is -2.14. The molecule has 0 fully saturated rings. The van der Waals surface area contributed by atoms with Crippen LogP contribution in [-0.4, -0.2) is 7.11 Å². The van der Waals surface area contributed by atoms with E-state index in [4.69, 9.17) is 10.5 Å². The monoisotopic (exact) mass is 337 g/mol. The van der Waals surface area contributed by atoms with E-state index < -0.39 is 0 Å². The summed E-state index contributed by atoms with van der Waals surface area (Å²) in [5.74, 6) is 0.522. The smallest absolute Gasteiger partial charge is 0.133 e. The van der Waals surface area contributed by atoms with Crippen molar-refractivity contribution in [3.8, 4) is 5.75 Å². The molecule has 0 aromatic heterocycles. The van der Waals surface area contributed by atoms with E-state index in [0.29, 0.717) is 12.0 Å². The lowest BCUT2D eigenvalue weighted by molar-refractivity contribution is 0.412. The van der Waals surface area contributed by atoms with Gasteiger partial charge >= 0.3 is 0 Å². The highest BCUT2D eigenvalue weighted by Gasteiger charge is 2.13. The molecule has 4 heteroatoms. The van der Waals surface area contributed by atoms with Crippen LogP contribution in [0.3, 0.4) is 0 Å². The quantitative estimate of drug-likeness (QED) is 0.909. The maximum Gasteiger partial charge on any atom is 0.133 e. The van der Waals surface area contributed by atoms with Gasteiger partial charge < -0.3 is 10.5 Å². The van der Waals surface area contributed by atoms with Gasteiger partial charge in [0.25, 0.3) is 0 Å². The third kappa shape index (κ3) is 3.38. The Morgan fingerprint density at radius 2 is 2.00 bits per heavy atom. The Morgan fingerprint density at radius 1 is 1.25 bits per heavy atom. The molecule has 0 amide bonds. The van der Waals surface area contributed by atoms with E-state index in [0.717, 1.165) is 21.3 Å². The fourth-order valence-corrected chi connectivity index (χ4v) is 2.72. The lowest BCUT2D eigenvalue weighted by atomic mass is 9.98. The molecule has 2 rings (SSSR count). The van der Waals surface area contributed by atoms with Crippen molar-refractivity contribution in [2.75, 3.05) is 7.11 Å². The minimum absolute atomic E-state index is 0.245. The Labute approximate surface area is 126 Å². The largest absolute Gasteiger partial charge is 0.496 e. The molecule has 0 bridgehead atoms. The number of aryl methyl sites for hydroxylation is 1. The van der Waals surface area contributed by atoms with Crippen molar-refractivity contribution in [3.05, 3.63) is 63.4 Å². The zero-order chi connectivity index (χ0) is 14.7. The van der Waals surface area contributed by atoms with Gasteiger partial charge in [-0.25, -0.2) is 4.39 Å². The molecule has 0 saturated heterocycles. The Kier molecular flexibility index (Phi) is 4.78. The number of hydrogen-bond donors (Lipinski definition) is 1. The number of methoxy groups -OCH3 is 1. The Morgan fingerprint density at radius 3 is 2.60 bits per heavy atom. The van der Waals surface area contributed by atoms with Gasteiger partial charge in [-0.15, -0.1) is 0 Å². The summed E-state index contributed by atoms with van der Waals surface area (Å²) in [6, 6.07) is 10.5. The summed E-state index contributed by atoms with van der Waals surface area (Å²) in [4.78, 5) is 0.